The fourth-order valence-electron chi connectivity index (χ4n) is 1.96. The third-order valence-electron chi connectivity index (χ3n) is 2.41. The molecule has 0 saturated heterocycles. The van der Waals surface area contributed by atoms with E-state index in [4.69, 9.17) is 9.84 Å². The Morgan fingerprint density at radius 3 is 2.60 bits per heavy atom. The molecular formula is C12H18O3. The van der Waals surface area contributed by atoms with Gasteiger partial charge in [-0.05, 0) is 33.8 Å². The second-order valence-electron chi connectivity index (χ2n) is 4.49. The van der Waals surface area contributed by atoms with E-state index in [1.165, 1.54) is 0 Å². The van der Waals surface area contributed by atoms with Crippen LogP contribution < -0.4 is 0 Å². The zero-order chi connectivity index (χ0) is 11.6. The summed E-state index contributed by atoms with van der Waals surface area (Å²) in [6, 6.07) is 0. The number of hydrogen-bond acceptors (Lipinski definition) is 2. The fraction of sp³-hybridized carbons (Fsp3) is 0.583. The molecule has 1 atom stereocenters. The molecule has 15 heavy (non-hydrogen) atoms. The Balaban J connectivity index is 2.84. The first-order valence-electron chi connectivity index (χ1n) is 5.14. The standard InChI is InChI=1S/C12H18O3/c1-8(2)15-12(4)6-5-10(11(13)14)9(3)7-12/h5-6,8H,7H2,1-4H3,(H,13,14). The van der Waals surface area contributed by atoms with Crippen molar-refractivity contribution in [1.82, 2.24) is 0 Å². The highest BCUT2D eigenvalue weighted by atomic mass is 16.5. The highest BCUT2D eigenvalue weighted by molar-refractivity contribution is 5.91. The van der Waals surface area contributed by atoms with E-state index in [-0.39, 0.29) is 11.7 Å². The van der Waals surface area contributed by atoms with Crippen molar-refractivity contribution in [2.24, 2.45) is 0 Å². The maximum atomic E-state index is 10.8. The third-order valence-corrected chi connectivity index (χ3v) is 2.41. The van der Waals surface area contributed by atoms with E-state index in [1.54, 1.807) is 6.08 Å². The molecule has 0 heterocycles. The molecule has 0 aliphatic heterocycles. The monoisotopic (exact) mass is 210 g/mol. The van der Waals surface area contributed by atoms with Gasteiger partial charge in [0.2, 0.25) is 0 Å². The lowest BCUT2D eigenvalue weighted by Crippen LogP contribution is -2.32. The normalized spacial score (nSPS) is 26.2. The summed E-state index contributed by atoms with van der Waals surface area (Å²) in [5, 5.41) is 8.91. The van der Waals surface area contributed by atoms with E-state index in [2.05, 4.69) is 0 Å². The second kappa shape index (κ2) is 4.19. The van der Waals surface area contributed by atoms with Gasteiger partial charge in [-0.3, -0.25) is 0 Å². The van der Waals surface area contributed by atoms with Gasteiger partial charge in [-0.2, -0.15) is 0 Å². The van der Waals surface area contributed by atoms with Crippen LogP contribution in [-0.4, -0.2) is 22.8 Å². The molecule has 3 heteroatoms. The van der Waals surface area contributed by atoms with Crippen LogP contribution in [0, 0.1) is 0 Å². The Morgan fingerprint density at radius 2 is 2.20 bits per heavy atom. The summed E-state index contributed by atoms with van der Waals surface area (Å²) < 4.78 is 5.76. The summed E-state index contributed by atoms with van der Waals surface area (Å²) in [4.78, 5) is 10.8. The average Bonchev–Trinajstić information content (AvgIpc) is 1.99. The maximum Gasteiger partial charge on any atom is 0.335 e. The maximum absolute atomic E-state index is 10.8. The summed E-state index contributed by atoms with van der Waals surface area (Å²) in [5.74, 6) is -0.865. The Hall–Kier alpha value is -1.09. The molecule has 1 N–H and O–H groups in total. The van der Waals surface area contributed by atoms with Gasteiger partial charge in [-0.15, -0.1) is 0 Å². The van der Waals surface area contributed by atoms with E-state index in [1.807, 2.05) is 33.8 Å². The van der Waals surface area contributed by atoms with Crippen LogP contribution in [0.5, 0.6) is 0 Å². The van der Waals surface area contributed by atoms with Crippen molar-refractivity contribution < 1.29 is 14.6 Å². The zero-order valence-electron chi connectivity index (χ0n) is 9.70. The van der Waals surface area contributed by atoms with Crippen LogP contribution in [0.25, 0.3) is 0 Å². The molecule has 0 saturated carbocycles. The largest absolute Gasteiger partial charge is 0.478 e. The first-order chi connectivity index (χ1) is 6.84. The number of carbonyl (C=O) groups is 1. The van der Waals surface area contributed by atoms with Gasteiger partial charge in [-0.1, -0.05) is 11.6 Å². The van der Waals surface area contributed by atoms with Crippen LogP contribution in [0.1, 0.15) is 34.1 Å². The lowest BCUT2D eigenvalue weighted by molar-refractivity contribution is -0.132. The molecule has 0 aromatic heterocycles. The molecule has 1 unspecified atom stereocenters. The summed E-state index contributed by atoms with van der Waals surface area (Å²) >= 11 is 0. The number of aliphatic carboxylic acids is 1. The van der Waals surface area contributed by atoms with Gasteiger partial charge < -0.3 is 9.84 Å². The molecule has 0 aromatic carbocycles. The predicted octanol–water partition coefficient (Wildman–Crippen LogP) is 2.53. The third kappa shape index (κ3) is 2.93. The Kier molecular flexibility index (Phi) is 3.35. The van der Waals surface area contributed by atoms with Gasteiger partial charge >= 0.3 is 5.97 Å². The highest BCUT2D eigenvalue weighted by Gasteiger charge is 2.28. The predicted molar refractivity (Wildman–Crippen MR) is 58.7 cm³/mol. The number of ether oxygens (including phenoxy) is 1. The molecule has 0 fully saturated rings. The van der Waals surface area contributed by atoms with Crippen LogP contribution in [0.4, 0.5) is 0 Å². The van der Waals surface area contributed by atoms with Crippen molar-refractivity contribution in [3.8, 4) is 0 Å². The Labute approximate surface area is 90.4 Å². The minimum absolute atomic E-state index is 0.138. The van der Waals surface area contributed by atoms with E-state index < -0.39 is 5.97 Å². The van der Waals surface area contributed by atoms with E-state index in [9.17, 15) is 4.79 Å². The van der Waals surface area contributed by atoms with Crippen LogP contribution in [0.2, 0.25) is 0 Å². The van der Waals surface area contributed by atoms with Crippen molar-refractivity contribution in [1.29, 1.82) is 0 Å². The molecule has 3 nitrogen and oxygen atoms in total. The number of carboxylic acid groups (broad SMARTS) is 1. The van der Waals surface area contributed by atoms with Crippen molar-refractivity contribution in [3.63, 3.8) is 0 Å². The van der Waals surface area contributed by atoms with Crippen LogP contribution >= 0.6 is 0 Å². The molecular weight excluding hydrogens is 192 g/mol. The highest BCUT2D eigenvalue weighted by Crippen LogP contribution is 2.30. The van der Waals surface area contributed by atoms with Crippen molar-refractivity contribution in [2.45, 2.75) is 45.8 Å². The molecule has 0 bridgehead atoms. The SMILES string of the molecule is CC1=C(C(=O)O)C=CC(C)(OC(C)C)C1. The average molecular weight is 210 g/mol. The smallest absolute Gasteiger partial charge is 0.335 e. The van der Waals surface area contributed by atoms with E-state index in [0.717, 1.165) is 5.57 Å². The Morgan fingerprint density at radius 1 is 1.60 bits per heavy atom. The fourth-order valence-corrected chi connectivity index (χ4v) is 1.96. The molecule has 0 spiro atoms. The molecule has 0 radical (unpaired) electrons. The van der Waals surface area contributed by atoms with Crippen LogP contribution in [0.3, 0.4) is 0 Å². The van der Waals surface area contributed by atoms with Gasteiger partial charge in [0.1, 0.15) is 0 Å². The van der Waals surface area contributed by atoms with Crippen LogP contribution in [-0.2, 0) is 9.53 Å². The minimum atomic E-state index is -0.865. The summed E-state index contributed by atoms with van der Waals surface area (Å²) in [7, 11) is 0. The molecule has 1 rings (SSSR count). The van der Waals surface area contributed by atoms with Gasteiger partial charge in [0, 0.05) is 6.42 Å². The minimum Gasteiger partial charge on any atom is -0.478 e. The molecule has 1 aliphatic carbocycles. The number of carboxylic acids is 1. The summed E-state index contributed by atoms with van der Waals surface area (Å²) in [6.07, 6.45) is 4.26. The van der Waals surface area contributed by atoms with Crippen molar-refractivity contribution in [2.75, 3.05) is 0 Å². The quantitative estimate of drug-likeness (QED) is 0.778. The topological polar surface area (TPSA) is 46.5 Å². The van der Waals surface area contributed by atoms with E-state index >= 15 is 0 Å². The first kappa shape index (κ1) is 12.0. The van der Waals surface area contributed by atoms with Crippen molar-refractivity contribution >= 4 is 5.97 Å². The molecule has 0 aromatic rings. The summed E-state index contributed by atoms with van der Waals surface area (Å²) in [6.45, 7) is 7.77. The zero-order valence-corrected chi connectivity index (χ0v) is 9.70. The van der Waals surface area contributed by atoms with Crippen molar-refractivity contribution in [3.05, 3.63) is 23.3 Å². The van der Waals surface area contributed by atoms with Crippen LogP contribution in [0.15, 0.2) is 23.3 Å². The molecule has 0 amide bonds. The Bertz CT molecular complexity index is 326. The van der Waals surface area contributed by atoms with E-state index in [0.29, 0.717) is 12.0 Å². The lowest BCUT2D eigenvalue weighted by Gasteiger charge is -2.32. The number of rotatable bonds is 3. The number of hydrogen-bond donors (Lipinski definition) is 1. The second-order valence-corrected chi connectivity index (χ2v) is 4.49. The van der Waals surface area contributed by atoms with Gasteiger partial charge in [0.05, 0.1) is 17.3 Å². The first-order valence-corrected chi connectivity index (χ1v) is 5.14. The van der Waals surface area contributed by atoms with Gasteiger partial charge in [0.15, 0.2) is 0 Å². The molecule has 84 valence electrons. The molecule has 1 aliphatic rings. The lowest BCUT2D eigenvalue weighted by atomic mass is 9.88. The summed E-state index contributed by atoms with van der Waals surface area (Å²) in [5.41, 5.74) is 0.894. The van der Waals surface area contributed by atoms with Gasteiger partial charge in [0.25, 0.3) is 0 Å². The van der Waals surface area contributed by atoms with Gasteiger partial charge in [-0.25, -0.2) is 4.79 Å².